The van der Waals surface area contributed by atoms with Crippen LogP contribution in [0.4, 0.5) is 28.4 Å². The predicted octanol–water partition coefficient (Wildman–Crippen LogP) is 17.3. The minimum atomic E-state index is 0.416. The Morgan fingerprint density at radius 2 is 1.14 bits per heavy atom. The lowest BCUT2D eigenvalue weighted by Crippen LogP contribution is -2.10. The summed E-state index contributed by atoms with van der Waals surface area (Å²) in [7, 11) is 0. The van der Waals surface area contributed by atoms with Crippen LogP contribution in [0.25, 0.3) is 65.8 Å². The third-order valence-corrected chi connectivity index (χ3v) is 14.1. The zero-order valence-corrected chi connectivity index (χ0v) is 35.4. The second-order valence-electron chi connectivity index (χ2n) is 17.9. The summed E-state index contributed by atoms with van der Waals surface area (Å²) >= 11 is 0. The van der Waals surface area contributed by atoms with Crippen molar-refractivity contribution in [1.82, 2.24) is 0 Å². The molecule has 0 atom stereocenters. The van der Waals surface area contributed by atoms with Crippen molar-refractivity contribution >= 4 is 83.1 Å². The van der Waals surface area contributed by atoms with Crippen LogP contribution in [0.3, 0.4) is 0 Å². The Morgan fingerprint density at radius 3 is 1.95 bits per heavy atom. The van der Waals surface area contributed by atoms with Crippen molar-refractivity contribution in [3.8, 4) is 16.9 Å². The number of nitrogens with zero attached hydrogens (tertiary/aromatic N) is 1. The third-order valence-electron chi connectivity index (χ3n) is 14.1. The highest BCUT2D eigenvalue weighted by Gasteiger charge is 2.25. The Balaban J connectivity index is 0.948. The van der Waals surface area contributed by atoms with Crippen molar-refractivity contribution in [3.63, 3.8) is 0 Å². The van der Waals surface area contributed by atoms with Crippen molar-refractivity contribution in [2.45, 2.75) is 76.0 Å². The van der Waals surface area contributed by atoms with E-state index in [1.54, 1.807) is 0 Å². The number of phenolic OH excluding ortho intramolecular Hbond substituents is 1. The molecule has 2 aromatic heterocycles. The number of furan rings is 2. The summed E-state index contributed by atoms with van der Waals surface area (Å²) in [5.41, 5.74) is 12.8. The summed E-state index contributed by atoms with van der Waals surface area (Å²) in [6.07, 6.45) is 12.3. The summed E-state index contributed by atoms with van der Waals surface area (Å²) in [5, 5.41) is 22.0. The van der Waals surface area contributed by atoms with Crippen LogP contribution in [0.1, 0.15) is 87.2 Å². The van der Waals surface area contributed by atoms with E-state index < -0.39 is 0 Å². The van der Waals surface area contributed by atoms with Gasteiger partial charge in [0.15, 0.2) is 5.58 Å². The Morgan fingerprint density at radius 1 is 0.476 bits per heavy atom. The van der Waals surface area contributed by atoms with Crippen LogP contribution in [-0.4, -0.2) is 5.11 Å². The van der Waals surface area contributed by atoms with Crippen molar-refractivity contribution in [1.29, 1.82) is 0 Å². The summed E-state index contributed by atoms with van der Waals surface area (Å²) in [6, 6.07) is 55.8. The fraction of sp³-hybridized carbons (Fsp3) is 0.207. The number of rotatable bonds is 8. The molecule has 2 saturated carbocycles. The molecule has 0 bridgehead atoms. The van der Waals surface area contributed by atoms with E-state index in [1.807, 2.05) is 6.07 Å². The number of aromatic hydroxyl groups is 1. The SMILES string of the molecule is Oc1c(-c2cccc(Nc3cc4oc5cc(N(c6ccccc6)c6cccc7c6oc6c(C8CCCCC8)cccc67)ccc5c4c4ccccc34)c2)cccc1C1CCCCC1. The monoisotopic (exact) mass is 822 g/mol. The Kier molecular flexibility index (Phi) is 9.43. The van der Waals surface area contributed by atoms with Gasteiger partial charge in [-0.3, -0.25) is 0 Å². The van der Waals surface area contributed by atoms with Gasteiger partial charge in [0.05, 0.1) is 17.1 Å². The molecule has 2 aliphatic rings. The number of anilines is 5. The van der Waals surface area contributed by atoms with Crippen LogP contribution in [-0.2, 0) is 0 Å². The average molecular weight is 823 g/mol. The minimum Gasteiger partial charge on any atom is -0.507 e. The van der Waals surface area contributed by atoms with Crippen LogP contribution in [0, 0.1) is 0 Å². The van der Waals surface area contributed by atoms with Gasteiger partial charge >= 0.3 is 0 Å². The molecule has 2 aliphatic carbocycles. The van der Waals surface area contributed by atoms with Gasteiger partial charge in [0.25, 0.3) is 0 Å². The van der Waals surface area contributed by atoms with Gasteiger partial charge in [0.1, 0.15) is 22.5 Å². The molecule has 10 aromatic rings. The van der Waals surface area contributed by atoms with Gasteiger partial charge in [-0.1, -0.05) is 142 Å². The Hall–Kier alpha value is -6.98. The van der Waals surface area contributed by atoms with Crippen molar-refractivity contribution in [3.05, 3.63) is 169 Å². The molecule has 5 nitrogen and oxygen atoms in total. The van der Waals surface area contributed by atoms with Crippen molar-refractivity contribution < 1.29 is 13.9 Å². The molecule has 2 fully saturated rings. The van der Waals surface area contributed by atoms with E-state index in [0.29, 0.717) is 17.6 Å². The lowest BCUT2D eigenvalue weighted by molar-refractivity contribution is 0.415. The zero-order valence-electron chi connectivity index (χ0n) is 35.4. The Bertz CT molecular complexity index is 3310. The summed E-state index contributed by atoms with van der Waals surface area (Å²) in [6.45, 7) is 0. The number of fused-ring (bicyclic) bond motifs is 8. The maximum atomic E-state index is 11.6. The number of hydrogen-bond donors (Lipinski definition) is 2. The number of phenols is 1. The van der Waals surface area contributed by atoms with Gasteiger partial charge in [-0.05, 0) is 102 Å². The van der Waals surface area contributed by atoms with E-state index in [4.69, 9.17) is 8.83 Å². The molecule has 0 amide bonds. The zero-order chi connectivity index (χ0) is 41.9. The first-order chi connectivity index (χ1) is 31.2. The molecule has 0 saturated heterocycles. The van der Waals surface area contributed by atoms with E-state index in [0.717, 1.165) is 107 Å². The molecule has 310 valence electrons. The predicted molar refractivity (Wildman–Crippen MR) is 262 cm³/mol. The van der Waals surface area contributed by atoms with Crippen LogP contribution >= 0.6 is 0 Å². The number of benzene rings is 8. The first-order valence-electron chi connectivity index (χ1n) is 23.0. The maximum Gasteiger partial charge on any atom is 0.159 e. The van der Waals surface area contributed by atoms with Gasteiger partial charge < -0.3 is 24.2 Å². The molecule has 12 rings (SSSR count). The second kappa shape index (κ2) is 15.7. The van der Waals surface area contributed by atoms with Crippen LogP contribution in [0.5, 0.6) is 5.75 Å². The van der Waals surface area contributed by atoms with Crippen LogP contribution in [0.2, 0.25) is 0 Å². The average Bonchev–Trinajstić information content (AvgIpc) is 3.91. The first-order valence-corrected chi connectivity index (χ1v) is 23.0. The van der Waals surface area contributed by atoms with Gasteiger partial charge in [-0.15, -0.1) is 0 Å². The fourth-order valence-electron chi connectivity index (χ4n) is 11.1. The number of nitrogens with one attached hydrogen (secondary N) is 1. The van der Waals surface area contributed by atoms with Crippen LogP contribution < -0.4 is 10.2 Å². The van der Waals surface area contributed by atoms with Gasteiger partial charge in [0, 0.05) is 56.0 Å². The number of hydrogen-bond acceptors (Lipinski definition) is 5. The normalized spacial score (nSPS) is 15.2. The molecular weight excluding hydrogens is 773 g/mol. The third kappa shape index (κ3) is 6.61. The standard InChI is InChI=1S/C58H50N2O3/c61-56-43(37-16-4-1-5-17-37)26-13-27-44(56)39-20-12-21-40(34-39)59-51-36-54-55(47-25-11-10-24-46(47)51)50-33-32-42(35-53(50)62-54)60(41-22-8-3-9-23-41)52-31-15-30-49-48-29-14-28-45(57(48)63-58(49)52)38-18-6-2-7-19-38/h3,8-15,20-38,59,61H,1-2,4-7,16-19H2. The highest BCUT2D eigenvalue weighted by molar-refractivity contribution is 6.22. The molecule has 63 heavy (non-hydrogen) atoms. The summed E-state index contributed by atoms with van der Waals surface area (Å²) in [4.78, 5) is 2.30. The topological polar surface area (TPSA) is 61.8 Å². The molecule has 8 aromatic carbocycles. The van der Waals surface area contributed by atoms with Crippen molar-refractivity contribution in [2.75, 3.05) is 10.2 Å². The summed E-state index contributed by atoms with van der Waals surface area (Å²) < 4.78 is 13.9. The largest absolute Gasteiger partial charge is 0.507 e. The van der Waals surface area contributed by atoms with Crippen molar-refractivity contribution in [2.24, 2.45) is 0 Å². The number of para-hydroxylation sites is 4. The molecule has 0 aliphatic heterocycles. The quantitative estimate of drug-likeness (QED) is 0.160. The van der Waals surface area contributed by atoms with Crippen LogP contribution in [0.15, 0.2) is 167 Å². The molecular formula is C58H50N2O3. The van der Waals surface area contributed by atoms with E-state index in [2.05, 4.69) is 162 Å². The second-order valence-corrected chi connectivity index (χ2v) is 17.9. The van der Waals surface area contributed by atoms with E-state index in [1.165, 1.54) is 62.3 Å². The van der Waals surface area contributed by atoms with E-state index >= 15 is 0 Å². The molecule has 0 unspecified atom stereocenters. The molecule has 0 spiro atoms. The maximum absolute atomic E-state index is 11.6. The minimum absolute atomic E-state index is 0.416. The lowest BCUT2D eigenvalue weighted by Gasteiger charge is -2.25. The Labute approximate surface area is 367 Å². The molecule has 2 heterocycles. The first kappa shape index (κ1) is 37.8. The highest BCUT2D eigenvalue weighted by Crippen LogP contribution is 2.48. The molecule has 0 radical (unpaired) electrons. The van der Waals surface area contributed by atoms with E-state index in [9.17, 15) is 5.11 Å². The fourth-order valence-corrected chi connectivity index (χ4v) is 11.1. The van der Waals surface area contributed by atoms with E-state index in [-0.39, 0.29) is 0 Å². The molecule has 2 N–H and O–H groups in total. The smallest absolute Gasteiger partial charge is 0.159 e. The van der Waals surface area contributed by atoms with Gasteiger partial charge in [-0.25, -0.2) is 0 Å². The molecule has 5 heteroatoms. The van der Waals surface area contributed by atoms with Gasteiger partial charge in [0.2, 0.25) is 0 Å². The summed E-state index contributed by atoms with van der Waals surface area (Å²) in [5.74, 6) is 1.37. The lowest BCUT2D eigenvalue weighted by atomic mass is 9.82. The van der Waals surface area contributed by atoms with Gasteiger partial charge in [-0.2, -0.15) is 0 Å². The highest BCUT2D eigenvalue weighted by atomic mass is 16.3.